The smallest absolute Gasteiger partial charge is 0.320 e. The predicted octanol–water partition coefficient (Wildman–Crippen LogP) is -0.508. The van der Waals surface area contributed by atoms with E-state index in [9.17, 15) is 4.79 Å². The van der Waals surface area contributed by atoms with Crippen LogP contribution in [0.2, 0.25) is 0 Å². The van der Waals surface area contributed by atoms with Crippen molar-refractivity contribution in [1.82, 2.24) is 10.7 Å². The zero-order valence-corrected chi connectivity index (χ0v) is 9.15. The van der Waals surface area contributed by atoms with Gasteiger partial charge in [0.15, 0.2) is 0 Å². The highest BCUT2D eigenvalue weighted by Crippen LogP contribution is 1.99. The van der Waals surface area contributed by atoms with Gasteiger partial charge in [-0.05, 0) is 32.5 Å². The summed E-state index contributed by atoms with van der Waals surface area (Å²) in [6, 6.07) is -0.382. The van der Waals surface area contributed by atoms with E-state index in [1.54, 1.807) is 25.9 Å². The molecule has 80 valence electrons. The highest BCUT2D eigenvalue weighted by atomic mass is 32.2. The Morgan fingerprint density at radius 3 is 2.31 bits per heavy atom. The fraction of sp³-hybridized carbons (Fsp3) is 0.857. The average molecular weight is 209 g/mol. The molecule has 0 saturated heterocycles. The van der Waals surface area contributed by atoms with Gasteiger partial charge >= 0.3 is 5.97 Å². The van der Waals surface area contributed by atoms with Crippen LogP contribution < -0.4 is 16.6 Å². The van der Waals surface area contributed by atoms with Gasteiger partial charge in [-0.25, -0.2) is 0 Å². The molecular formula is C7H19N3O2S. The number of aliphatic carboxylic acids is 1. The first-order valence-corrected chi connectivity index (χ1v) is 5.29. The fourth-order valence-electron chi connectivity index (χ4n) is 0.627. The van der Waals surface area contributed by atoms with Gasteiger partial charge in [-0.15, -0.1) is 0 Å². The molecule has 13 heavy (non-hydrogen) atoms. The predicted molar refractivity (Wildman–Crippen MR) is 56.7 cm³/mol. The van der Waals surface area contributed by atoms with E-state index < -0.39 is 5.97 Å². The lowest BCUT2D eigenvalue weighted by Crippen LogP contribution is -2.34. The lowest BCUT2D eigenvalue weighted by Gasteiger charge is -2.08. The molecule has 0 unspecified atom stereocenters. The van der Waals surface area contributed by atoms with E-state index in [1.807, 2.05) is 6.26 Å². The quantitative estimate of drug-likeness (QED) is 0.360. The van der Waals surface area contributed by atoms with Crippen molar-refractivity contribution < 1.29 is 9.90 Å². The molecule has 5 nitrogen and oxygen atoms in total. The molecular weight excluding hydrogens is 190 g/mol. The molecule has 0 radical (unpaired) electrons. The largest absolute Gasteiger partial charge is 0.480 e. The van der Waals surface area contributed by atoms with Gasteiger partial charge in [0.1, 0.15) is 6.04 Å². The summed E-state index contributed by atoms with van der Waals surface area (Å²) < 4.78 is 0. The maximum atomic E-state index is 10.4. The Bertz CT molecular complexity index is 124. The van der Waals surface area contributed by atoms with Gasteiger partial charge in [0.05, 0.1) is 0 Å². The van der Waals surface area contributed by atoms with Crippen LogP contribution >= 0.6 is 11.8 Å². The molecule has 0 heterocycles. The van der Waals surface area contributed by atoms with Gasteiger partial charge in [-0.1, -0.05) is 0 Å². The number of carbonyl (C=O) groups is 1. The van der Waals surface area contributed by atoms with E-state index in [1.165, 1.54) is 0 Å². The SMILES string of the molecule is CNN.CN[C@@H](CCSC)C(=O)O. The number of hydrogen-bond acceptors (Lipinski definition) is 5. The summed E-state index contributed by atoms with van der Waals surface area (Å²) in [6.07, 6.45) is 2.65. The van der Waals surface area contributed by atoms with Crippen LogP contribution in [0.5, 0.6) is 0 Å². The summed E-state index contributed by atoms with van der Waals surface area (Å²) in [7, 11) is 3.32. The Kier molecular flexibility index (Phi) is 13.7. The van der Waals surface area contributed by atoms with Crippen molar-refractivity contribution in [1.29, 1.82) is 0 Å². The molecule has 1 atom stereocenters. The van der Waals surface area contributed by atoms with E-state index in [0.717, 1.165) is 5.75 Å². The topological polar surface area (TPSA) is 87.4 Å². The minimum atomic E-state index is -0.767. The van der Waals surface area contributed by atoms with Gasteiger partial charge in [0.25, 0.3) is 0 Å². The minimum Gasteiger partial charge on any atom is -0.480 e. The molecule has 0 aliphatic carbocycles. The molecule has 6 heteroatoms. The molecule has 5 N–H and O–H groups in total. The third-order valence-corrected chi connectivity index (χ3v) is 1.90. The number of thioether (sulfide) groups is 1. The second-order valence-corrected chi connectivity index (χ2v) is 3.24. The lowest BCUT2D eigenvalue weighted by atomic mass is 10.2. The normalized spacial score (nSPS) is 11.4. The van der Waals surface area contributed by atoms with Crippen molar-refractivity contribution in [3.63, 3.8) is 0 Å². The average Bonchev–Trinajstić information content (AvgIpc) is 2.06. The number of carboxylic acids is 1. The maximum absolute atomic E-state index is 10.4. The number of carboxylic acid groups (broad SMARTS) is 1. The molecule has 0 aromatic heterocycles. The van der Waals surface area contributed by atoms with Crippen LogP contribution in [0.3, 0.4) is 0 Å². The first-order valence-electron chi connectivity index (χ1n) is 3.90. The van der Waals surface area contributed by atoms with Gasteiger partial charge in [-0.3, -0.25) is 16.1 Å². The Hall–Kier alpha value is -0.300. The second-order valence-electron chi connectivity index (χ2n) is 2.25. The zero-order valence-electron chi connectivity index (χ0n) is 8.33. The maximum Gasteiger partial charge on any atom is 0.320 e. The number of rotatable bonds is 5. The molecule has 0 spiro atoms. The summed E-state index contributed by atoms with van der Waals surface area (Å²) in [6.45, 7) is 0. The zero-order chi connectivity index (χ0) is 10.7. The van der Waals surface area contributed by atoms with Gasteiger partial charge in [0.2, 0.25) is 0 Å². The first kappa shape index (κ1) is 15.2. The Morgan fingerprint density at radius 2 is 2.08 bits per heavy atom. The third kappa shape index (κ3) is 11.7. The van der Waals surface area contributed by atoms with E-state index in [4.69, 9.17) is 5.11 Å². The number of likely N-dealkylation sites (N-methyl/N-ethyl adjacent to an activating group) is 1. The molecule has 0 aliphatic heterocycles. The molecule has 0 aromatic carbocycles. The van der Waals surface area contributed by atoms with Crippen molar-refractivity contribution in [2.45, 2.75) is 12.5 Å². The molecule has 0 amide bonds. The molecule has 0 aromatic rings. The van der Waals surface area contributed by atoms with Crippen LogP contribution in [0.4, 0.5) is 0 Å². The van der Waals surface area contributed by atoms with Crippen LogP contribution in [-0.2, 0) is 4.79 Å². The minimum absolute atomic E-state index is 0.382. The highest BCUT2D eigenvalue weighted by Gasteiger charge is 2.12. The van der Waals surface area contributed by atoms with Crippen LogP contribution in [-0.4, -0.2) is 43.2 Å². The van der Waals surface area contributed by atoms with Gasteiger partial charge in [-0.2, -0.15) is 11.8 Å². The summed E-state index contributed by atoms with van der Waals surface area (Å²) in [5.74, 6) is 4.72. The summed E-state index contributed by atoms with van der Waals surface area (Å²) in [5, 5.41) is 11.3. The van der Waals surface area contributed by atoms with E-state index >= 15 is 0 Å². The van der Waals surface area contributed by atoms with Crippen LogP contribution in [0.1, 0.15) is 6.42 Å². The second kappa shape index (κ2) is 11.7. The molecule has 0 fully saturated rings. The molecule has 0 aliphatic rings. The number of nitrogens with two attached hydrogens (primary N) is 1. The van der Waals surface area contributed by atoms with Crippen LogP contribution in [0.15, 0.2) is 0 Å². The molecule has 0 saturated carbocycles. The number of hydrazine groups is 1. The van der Waals surface area contributed by atoms with Gasteiger partial charge in [0, 0.05) is 0 Å². The molecule has 0 bridgehead atoms. The van der Waals surface area contributed by atoms with Crippen molar-refractivity contribution >= 4 is 17.7 Å². The Balaban J connectivity index is 0. The standard InChI is InChI=1S/C6H13NO2S.CH6N2/c1-7-5(6(8)9)3-4-10-2;1-3-2/h5,7H,3-4H2,1-2H3,(H,8,9);3H,2H2,1H3/t5-;/m0./s1. The third-order valence-electron chi connectivity index (χ3n) is 1.26. The summed E-state index contributed by atoms with van der Waals surface area (Å²) in [5.41, 5.74) is 2.25. The number of hydrogen-bond donors (Lipinski definition) is 4. The van der Waals surface area contributed by atoms with Crippen LogP contribution in [0.25, 0.3) is 0 Å². The van der Waals surface area contributed by atoms with Crippen molar-refractivity contribution in [3.8, 4) is 0 Å². The Labute approximate surface area is 83.4 Å². The lowest BCUT2D eigenvalue weighted by molar-refractivity contribution is -0.139. The number of nitrogens with one attached hydrogen (secondary N) is 2. The van der Waals surface area contributed by atoms with Gasteiger partial charge < -0.3 is 10.4 Å². The summed E-state index contributed by atoms with van der Waals surface area (Å²) >= 11 is 1.66. The fourth-order valence-corrected chi connectivity index (χ4v) is 1.10. The van der Waals surface area contributed by atoms with Crippen LogP contribution in [0, 0.1) is 0 Å². The van der Waals surface area contributed by atoms with Crippen molar-refractivity contribution in [2.75, 3.05) is 26.1 Å². The monoisotopic (exact) mass is 209 g/mol. The summed E-state index contributed by atoms with van der Waals surface area (Å²) in [4.78, 5) is 10.4. The first-order chi connectivity index (χ1) is 6.13. The van der Waals surface area contributed by atoms with E-state index in [0.29, 0.717) is 6.42 Å². The van der Waals surface area contributed by atoms with Crippen molar-refractivity contribution in [3.05, 3.63) is 0 Å². The van der Waals surface area contributed by atoms with Crippen molar-refractivity contribution in [2.24, 2.45) is 5.84 Å². The van der Waals surface area contributed by atoms with E-state index in [-0.39, 0.29) is 6.04 Å². The highest BCUT2D eigenvalue weighted by molar-refractivity contribution is 7.98. The Morgan fingerprint density at radius 1 is 1.62 bits per heavy atom. The molecule has 0 rings (SSSR count). The van der Waals surface area contributed by atoms with E-state index in [2.05, 4.69) is 16.6 Å².